The van der Waals surface area contributed by atoms with Crippen LogP contribution in [0.1, 0.15) is 18.4 Å². The summed E-state index contributed by atoms with van der Waals surface area (Å²) >= 11 is 0. The van der Waals surface area contributed by atoms with Crippen LogP contribution < -0.4 is 10.2 Å². The van der Waals surface area contributed by atoms with Crippen molar-refractivity contribution >= 4 is 11.4 Å². The molecule has 1 aliphatic rings. The van der Waals surface area contributed by atoms with Crippen LogP contribution >= 0.6 is 0 Å². The fourth-order valence-electron chi connectivity index (χ4n) is 3.55. The van der Waals surface area contributed by atoms with E-state index in [1.54, 1.807) is 0 Å². The van der Waals surface area contributed by atoms with Crippen LogP contribution in [0.4, 0.5) is 11.4 Å². The molecule has 1 aliphatic carbocycles. The molecule has 0 aromatic heterocycles. The van der Waals surface area contributed by atoms with Crippen LogP contribution in [0.3, 0.4) is 0 Å². The second-order valence-electron chi connectivity index (χ2n) is 7.10. The van der Waals surface area contributed by atoms with Crippen LogP contribution in [0.25, 0.3) is 0 Å². The lowest BCUT2D eigenvalue weighted by atomic mass is 10.0. The van der Waals surface area contributed by atoms with Gasteiger partial charge in [0.1, 0.15) is 0 Å². The normalized spacial score (nSPS) is 13.4. The summed E-state index contributed by atoms with van der Waals surface area (Å²) < 4.78 is 0. The zero-order chi connectivity index (χ0) is 19.0. The highest BCUT2D eigenvalue weighted by Crippen LogP contribution is 2.27. The Bertz CT molecular complexity index is 928. The third-order valence-corrected chi connectivity index (χ3v) is 5.03. The standard InChI is InChI=1S/C26H26N2/c1-4-11-22(12-5-1)21-28(25-16-8-3-9-17-25)26-18-10-13-23(19-26)20-27-24-14-6-2-7-15-24/h1-9,11-12,14-19,27H,10,13,20-21H2. The van der Waals surface area contributed by atoms with Gasteiger partial charge in [0.05, 0.1) is 0 Å². The van der Waals surface area contributed by atoms with Crippen molar-refractivity contribution < 1.29 is 0 Å². The summed E-state index contributed by atoms with van der Waals surface area (Å²) in [5.74, 6) is 0. The third-order valence-electron chi connectivity index (χ3n) is 5.03. The maximum absolute atomic E-state index is 3.55. The largest absolute Gasteiger partial charge is 0.381 e. The van der Waals surface area contributed by atoms with Crippen LogP contribution in [-0.4, -0.2) is 6.54 Å². The predicted molar refractivity (Wildman–Crippen MR) is 119 cm³/mol. The zero-order valence-corrected chi connectivity index (χ0v) is 16.1. The highest BCUT2D eigenvalue weighted by Gasteiger charge is 2.15. The van der Waals surface area contributed by atoms with Gasteiger partial charge in [0.25, 0.3) is 0 Å². The average molecular weight is 367 g/mol. The van der Waals surface area contributed by atoms with Crippen molar-refractivity contribution in [2.75, 3.05) is 16.8 Å². The Morgan fingerprint density at radius 1 is 0.750 bits per heavy atom. The van der Waals surface area contributed by atoms with E-state index in [-0.39, 0.29) is 0 Å². The summed E-state index contributed by atoms with van der Waals surface area (Å²) in [5.41, 5.74) is 6.44. The molecule has 3 aromatic rings. The molecule has 140 valence electrons. The maximum atomic E-state index is 3.55. The number of allylic oxidation sites excluding steroid dienone is 2. The average Bonchev–Trinajstić information content (AvgIpc) is 2.78. The van der Waals surface area contributed by atoms with Gasteiger partial charge >= 0.3 is 0 Å². The lowest BCUT2D eigenvalue weighted by molar-refractivity contribution is 0.865. The van der Waals surface area contributed by atoms with E-state index in [0.29, 0.717) is 0 Å². The predicted octanol–water partition coefficient (Wildman–Crippen LogP) is 6.41. The molecule has 2 heteroatoms. The smallest absolute Gasteiger partial charge is 0.0481 e. The molecular formula is C26H26N2. The van der Waals surface area contributed by atoms with E-state index in [1.165, 1.54) is 28.2 Å². The van der Waals surface area contributed by atoms with Crippen LogP contribution in [0.5, 0.6) is 0 Å². The van der Waals surface area contributed by atoms with E-state index >= 15 is 0 Å². The summed E-state index contributed by atoms with van der Waals surface area (Å²) in [7, 11) is 0. The molecule has 2 nitrogen and oxygen atoms in total. The molecule has 4 rings (SSSR count). The van der Waals surface area contributed by atoms with Crippen molar-refractivity contribution in [2.24, 2.45) is 0 Å². The van der Waals surface area contributed by atoms with E-state index in [9.17, 15) is 0 Å². The molecule has 0 fully saturated rings. The topological polar surface area (TPSA) is 15.3 Å². The molecule has 0 radical (unpaired) electrons. The molecule has 0 unspecified atom stereocenters. The van der Waals surface area contributed by atoms with Gasteiger partial charge in [-0.2, -0.15) is 0 Å². The molecular weight excluding hydrogens is 340 g/mol. The first-order chi connectivity index (χ1) is 13.9. The minimum absolute atomic E-state index is 0.868. The molecule has 28 heavy (non-hydrogen) atoms. The molecule has 0 bridgehead atoms. The zero-order valence-electron chi connectivity index (χ0n) is 16.1. The van der Waals surface area contributed by atoms with Gasteiger partial charge in [-0.05, 0) is 54.3 Å². The first kappa shape index (κ1) is 18.1. The van der Waals surface area contributed by atoms with Gasteiger partial charge in [0.15, 0.2) is 0 Å². The van der Waals surface area contributed by atoms with E-state index in [4.69, 9.17) is 0 Å². The van der Waals surface area contributed by atoms with Gasteiger partial charge in [0.2, 0.25) is 0 Å². The number of hydrogen-bond donors (Lipinski definition) is 1. The number of benzene rings is 3. The van der Waals surface area contributed by atoms with Crippen molar-refractivity contribution in [1.82, 2.24) is 0 Å². The SMILES string of the molecule is C1=C(CNc2ccccc2)CCC=C1N(Cc1ccccc1)c1ccccc1. The van der Waals surface area contributed by atoms with Gasteiger partial charge in [0, 0.05) is 30.2 Å². The summed E-state index contributed by atoms with van der Waals surface area (Å²) in [4.78, 5) is 2.41. The van der Waals surface area contributed by atoms with Crippen LogP contribution in [0.2, 0.25) is 0 Å². The number of para-hydroxylation sites is 2. The number of anilines is 2. The lowest BCUT2D eigenvalue weighted by Gasteiger charge is -2.29. The van der Waals surface area contributed by atoms with E-state index in [1.807, 2.05) is 6.07 Å². The molecule has 0 amide bonds. The van der Waals surface area contributed by atoms with Gasteiger partial charge in [-0.25, -0.2) is 0 Å². The molecule has 0 atom stereocenters. The Labute approximate surface area is 167 Å². The lowest BCUT2D eigenvalue weighted by Crippen LogP contribution is -2.23. The molecule has 0 saturated heterocycles. The Kier molecular flexibility index (Phi) is 5.89. The summed E-state index contributed by atoms with van der Waals surface area (Å²) in [6.45, 7) is 1.75. The van der Waals surface area contributed by atoms with E-state index in [2.05, 4.69) is 107 Å². The monoisotopic (exact) mass is 366 g/mol. The Morgan fingerprint density at radius 3 is 2.11 bits per heavy atom. The Morgan fingerprint density at radius 2 is 1.39 bits per heavy atom. The maximum Gasteiger partial charge on any atom is 0.0481 e. The molecule has 0 aliphatic heterocycles. The fraction of sp³-hybridized carbons (Fsp3) is 0.154. The number of rotatable bonds is 7. The summed E-state index contributed by atoms with van der Waals surface area (Å²) in [6.07, 6.45) is 6.91. The van der Waals surface area contributed by atoms with Crippen molar-refractivity contribution in [3.63, 3.8) is 0 Å². The molecule has 1 N–H and O–H groups in total. The number of nitrogens with one attached hydrogen (secondary N) is 1. The van der Waals surface area contributed by atoms with Crippen LogP contribution in [-0.2, 0) is 6.54 Å². The number of hydrogen-bond acceptors (Lipinski definition) is 2. The highest BCUT2D eigenvalue weighted by atomic mass is 15.1. The molecule has 0 heterocycles. The van der Waals surface area contributed by atoms with Crippen LogP contribution in [0, 0.1) is 0 Å². The van der Waals surface area contributed by atoms with Gasteiger partial charge in [-0.1, -0.05) is 72.8 Å². The van der Waals surface area contributed by atoms with E-state index in [0.717, 1.165) is 25.9 Å². The molecule has 0 saturated carbocycles. The first-order valence-corrected chi connectivity index (χ1v) is 9.93. The van der Waals surface area contributed by atoms with Crippen molar-refractivity contribution in [1.29, 1.82) is 0 Å². The fourth-order valence-corrected chi connectivity index (χ4v) is 3.55. The van der Waals surface area contributed by atoms with Gasteiger partial charge in [-0.15, -0.1) is 0 Å². The second-order valence-corrected chi connectivity index (χ2v) is 7.10. The Balaban J connectivity index is 1.55. The van der Waals surface area contributed by atoms with Crippen LogP contribution in [0.15, 0.2) is 114 Å². The highest BCUT2D eigenvalue weighted by molar-refractivity contribution is 5.56. The molecule has 0 spiro atoms. The summed E-state index contributed by atoms with van der Waals surface area (Å²) in [5, 5.41) is 3.55. The first-order valence-electron chi connectivity index (χ1n) is 9.93. The van der Waals surface area contributed by atoms with Crippen molar-refractivity contribution in [3.8, 4) is 0 Å². The second kappa shape index (κ2) is 9.09. The van der Waals surface area contributed by atoms with Crippen molar-refractivity contribution in [2.45, 2.75) is 19.4 Å². The summed E-state index contributed by atoms with van der Waals surface area (Å²) in [6, 6.07) is 31.8. The minimum Gasteiger partial charge on any atom is -0.381 e. The minimum atomic E-state index is 0.868. The van der Waals surface area contributed by atoms with Crippen molar-refractivity contribution in [3.05, 3.63) is 120 Å². The van der Waals surface area contributed by atoms with Gasteiger partial charge in [-0.3, -0.25) is 0 Å². The van der Waals surface area contributed by atoms with Gasteiger partial charge < -0.3 is 10.2 Å². The quantitative estimate of drug-likeness (QED) is 0.520. The molecule has 3 aromatic carbocycles. The van der Waals surface area contributed by atoms with E-state index < -0.39 is 0 Å². The third kappa shape index (κ3) is 4.72. The Hall–Kier alpha value is -3.26. The number of nitrogens with zero attached hydrogens (tertiary/aromatic N) is 1.